The van der Waals surface area contributed by atoms with E-state index in [4.69, 9.17) is 0 Å². The molecular formula is C13H24N2O. The lowest BCUT2D eigenvalue weighted by Gasteiger charge is -2.25. The van der Waals surface area contributed by atoms with E-state index in [2.05, 4.69) is 24.1 Å². The molecule has 0 saturated carbocycles. The number of nitrogens with zero attached hydrogens (tertiary/aromatic N) is 1. The summed E-state index contributed by atoms with van der Waals surface area (Å²) in [4.78, 5) is 14.4. The molecule has 2 rings (SSSR count). The van der Waals surface area contributed by atoms with Crippen LogP contribution >= 0.6 is 0 Å². The third-order valence-electron chi connectivity index (χ3n) is 3.90. The lowest BCUT2D eigenvalue weighted by Crippen LogP contribution is -2.45. The van der Waals surface area contributed by atoms with Crippen LogP contribution in [0.5, 0.6) is 0 Å². The van der Waals surface area contributed by atoms with Crippen LogP contribution in [0.4, 0.5) is 0 Å². The maximum atomic E-state index is 12.3. The summed E-state index contributed by atoms with van der Waals surface area (Å²) in [5, 5.41) is 3.31. The molecular weight excluding hydrogens is 200 g/mol. The fourth-order valence-electron chi connectivity index (χ4n) is 3.04. The number of rotatable bonds is 1. The second-order valence-corrected chi connectivity index (χ2v) is 5.67. The van der Waals surface area contributed by atoms with E-state index in [9.17, 15) is 4.79 Å². The van der Waals surface area contributed by atoms with Crippen LogP contribution in [0, 0.1) is 11.8 Å². The molecule has 3 unspecified atom stereocenters. The minimum atomic E-state index is 0.112. The van der Waals surface area contributed by atoms with Crippen LogP contribution in [0.2, 0.25) is 0 Å². The van der Waals surface area contributed by atoms with Crippen molar-refractivity contribution in [3.8, 4) is 0 Å². The fourth-order valence-corrected chi connectivity index (χ4v) is 3.04. The highest BCUT2D eigenvalue weighted by atomic mass is 16.2. The second-order valence-electron chi connectivity index (χ2n) is 5.67. The van der Waals surface area contributed by atoms with Crippen molar-refractivity contribution in [2.75, 3.05) is 19.6 Å². The quantitative estimate of drug-likeness (QED) is 0.734. The first-order valence-electron chi connectivity index (χ1n) is 6.69. The van der Waals surface area contributed by atoms with Gasteiger partial charge in [0.2, 0.25) is 5.91 Å². The maximum Gasteiger partial charge on any atom is 0.239 e. The van der Waals surface area contributed by atoms with Gasteiger partial charge in [-0.1, -0.05) is 13.8 Å². The Kier molecular flexibility index (Phi) is 3.85. The highest BCUT2D eigenvalue weighted by molar-refractivity contribution is 5.82. The summed E-state index contributed by atoms with van der Waals surface area (Å²) < 4.78 is 0. The molecule has 3 heteroatoms. The molecule has 0 spiro atoms. The van der Waals surface area contributed by atoms with E-state index in [1.165, 1.54) is 12.8 Å². The van der Waals surface area contributed by atoms with Crippen LogP contribution in [0.25, 0.3) is 0 Å². The minimum Gasteiger partial charge on any atom is -0.341 e. The summed E-state index contributed by atoms with van der Waals surface area (Å²) in [5.74, 6) is 1.77. The second kappa shape index (κ2) is 5.17. The topological polar surface area (TPSA) is 32.3 Å². The smallest absolute Gasteiger partial charge is 0.239 e. The van der Waals surface area contributed by atoms with E-state index in [-0.39, 0.29) is 6.04 Å². The summed E-state index contributed by atoms with van der Waals surface area (Å²) in [5.41, 5.74) is 0. The van der Waals surface area contributed by atoms with Gasteiger partial charge in [-0.05, 0) is 44.1 Å². The van der Waals surface area contributed by atoms with E-state index in [0.717, 1.165) is 38.4 Å². The van der Waals surface area contributed by atoms with Crippen molar-refractivity contribution in [3.05, 3.63) is 0 Å². The molecule has 0 aromatic heterocycles. The molecule has 2 aliphatic rings. The summed E-state index contributed by atoms with van der Waals surface area (Å²) in [6, 6.07) is 0.112. The Morgan fingerprint density at radius 3 is 2.75 bits per heavy atom. The van der Waals surface area contributed by atoms with Crippen LogP contribution in [-0.4, -0.2) is 36.5 Å². The zero-order valence-electron chi connectivity index (χ0n) is 10.5. The standard InChI is InChI=1S/C13H24N2O/c1-10-5-7-15(9-11(2)8-10)13(16)12-4-3-6-14-12/h10-12,14H,3-9H2,1-2H3. The van der Waals surface area contributed by atoms with Crippen LogP contribution in [-0.2, 0) is 4.79 Å². The van der Waals surface area contributed by atoms with Gasteiger partial charge in [-0.25, -0.2) is 0 Å². The van der Waals surface area contributed by atoms with Crippen molar-refractivity contribution in [2.24, 2.45) is 11.8 Å². The lowest BCUT2D eigenvalue weighted by atomic mass is 9.97. The number of amides is 1. The lowest BCUT2D eigenvalue weighted by molar-refractivity contribution is -0.133. The van der Waals surface area contributed by atoms with E-state index >= 15 is 0 Å². The molecule has 2 heterocycles. The molecule has 0 aromatic rings. The Bertz CT molecular complexity index is 248. The summed E-state index contributed by atoms with van der Waals surface area (Å²) in [7, 11) is 0. The third kappa shape index (κ3) is 2.76. The highest BCUT2D eigenvalue weighted by Gasteiger charge is 2.29. The predicted octanol–water partition coefficient (Wildman–Crippen LogP) is 1.63. The van der Waals surface area contributed by atoms with Gasteiger partial charge in [0, 0.05) is 13.1 Å². The largest absolute Gasteiger partial charge is 0.341 e. The Balaban J connectivity index is 1.94. The molecule has 2 fully saturated rings. The predicted molar refractivity (Wildman–Crippen MR) is 65.2 cm³/mol. The van der Waals surface area contributed by atoms with Gasteiger partial charge in [0.1, 0.15) is 0 Å². The monoisotopic (exact) mass is 224 g/mol. The zero-order valence-corrected chi connectivity index (χ0v) is 10.5. The van der Waals surface area contributed by atoms with Gasteiger partial charge in [0.25, 0.3) is 0 Å². The maximum absolute atomic E-state index is 12.3. The van der Waals surface area contributed by atoms with Crippen molar-refractivity contribution in [1.82, 2.24) is 10.2 Å². The molecule has 0 radical (unpaired) electrons. The minimum absolute atomic E-state index is 0.112. The summed E-state index contributed by atoms with van der Waals surface area (Å²) >= 11 is 0. The van der Waals surface area contributed by atoms with Crippen LogP contribution in [0.1, 0.15) is 39.5 Å². The third-order valence-corrected chi connectivity index (χ3v) is 3.90. The summed E-state index contributed by atoms with van der Waals surface area (Å²) in [6.45, 7) is 7.50. The zero-order chi connectivity index (χ0) is 11.5. The molecule has 3 nitrogen and oxygen atoms in total. The van der Waals surface area contributed by atoms with Crippen molar-refractivity contribution in [2.45, 2.75) is 45.6 Å². The Labute approximate surface area is 98.6 Å². The first-order valence-corrected chi connectivity index (χ1v) is 6.69. The number of carbonyl (C=O) groups excluding carboxylic acids is 1. The van der Waals surface area contributed by atoms with Gasteiger partial charge in [-0.2, -0.15) is 0 Å². The Morgan fingerprint density at radius 2 is 2.06 bits per heavy atom. The summed E-state index contributed by atoms with van der Waals surface area (Å²) in [6.07, 6.45) is 4.61. The molecule has 0 bridgehead atoms. The Hall–Kier alpha value is -0.570. The van der Waals surface area contributed by atoms with Gasteiger partial charge in [0.15, 0.2) is 0 Å². The molecule has 0 aliphatic carbocycles. The van der Waals surface area contributed by atoms with Crippen molar-refractivity contribution in [1.29, 1.82) is 0 Å². The van der Waals surface area contributed by atoms with Gasteiger partial charge in [0.05, 0.1) is 6.04 Å². The molecule has 1 N–H and O–H groups in total. The average Bonchev–Trinajstić information content (AvgIpc) is 2.70. The van der Waals surface area contributed by atoms with Crippen LogP contribution in [0.3, 0.4) is 0 Å². The molecule has 92 valence electrons. The van der Waals surface area contributed by atoms with Crippen molar-refractivity contribution in [3.63, 3.8) is 0 Å². The van der Waals surface area contributed by atoms with Gasteiger partial charge >= 0.3 is 0 Å². The molecule has 0 aromatic carbocycles. The average molecular weight is 224 g/mol. The number of hydrogen-bond acceptors (Lipinski definition) is 2. The van der Waals surface area contributed by atoms with Gasteiger partial charge in [-0.3, -0.25) is 4.79 Å². The number of hydrogen-bond donors (Lipinski definition) is 1. The SMILES string of the molecule is CC1CCN(C(=O)C2CCCN2)CC(C)C1. The van der Waals surface area contributed by atoms with E-state index < -0.39 is 0 Å². The Morgan fingerprint density at radius 1 is 1.25 bits per heavy atom. The molecule has 1 amide bonds. The van der Waals surface area contributed by atoms with E-state index in [1.54, 1.807) is 0 Å². The van der Waals surface area contributed by atoms with Crippen LogP contribution in [0.15, 0.2) is 0 Å². The van der Waals surface area contributed by atoms with Gasteiger partial charge < -0.3 is 10.2 Å². The van der Waals surface area contributed by atoms with Gasteiger partial charge in [-0.15, -0.1) is 0 Å². The molecule has 16 heavy (non-hydrogen) atoms. The molecule has 2 saturated heterocycles. The van der Waals surface area contributed by atoms with E-state index in [1.807, 2.05) is 0 Å². The number of likely N-dealkylation sites (tertiary alicyclic amines) is 1. The normalized spacial score (nSPS) is 36.1. The first kappa shape index (κ1) is 11.9. The molecule has 2 aliphatic heterocycles. The number of nitrogens with one attached hydrogen (secondary N) is 1. The van der Waals surface area contributed by atoms with Crippen molar-refractivity contribution >= 4 is 5.91 Å². The van der Waals surface area contributed by atoms with E-state index in [0.29, 0.717) is 11.8 Å². The highest BCUT2D eigenvalue weighted by Crippen LogP contribution is 2.22. The van der Waals surface area contributed by atoms with Crippen molar-refractivity contribution < 1.29 is 4.79 Å². The van der Waals surface area contributed by atoms with Crippen LogP contribution < -0.4 is 5.32 Å². The molecule has 3 atom stereocenters. The number of carbonyl (C=O) groups is 1. The fraction of sp³-hybridized carbons (Fsp3) is 0.923. The first-order chi connectivity index (χ1) is 7.66.